The molecule has 0 aliphatic carbocycles. The highest BCUT2D eigenvalue weighted by Crippen LogP contribution is 2.36. The number of benzene rings is 1. The van der Waals surface area contributed by atoms with E-state index in [-0.39, 0.29) is 10.7 Å². The molecular weight excluding hydrogens is 266 g/mol. The van der Waals surface area contributed by atoms with E-state index in [1.54, 1.807) is 0 Å². The Kier molecular flexibility index (Phi) is 4.70. The second-order valence-corrected chi connectivity index (χ2v) is 8.69. The standard InChI is InChI=1S/C17H27NOS/c1-6-9-18-15-10-12(2)20(19)16-8-7-13(11-14(15)16)17(3,4)5/h7-8,11-12,15,18H,6,9-10H2,1-5H3. The van der Waals surface area contributed by atoms with Gasteiger partial charge in [-0.05, 0) is 42.0 Å². The van der Waals surface area contributed by atoms with E-state index in [9.17, 15) is 4.21 Å². The van der Waals surface area contributed by atoms with Crippen LogP contribution in [-0.2, 0) is 16.2 Å². The quantitative estimate of drug-likeness (QED) is 0.915. The van der Waals surface area contributed by atoms with Crippen LogP contribution >= 0.6 is 0 Å². The molecule has 1 aromatic carbocycles. The maximum atomic E-state index is 12.5. The fourth-order valence-corrected chi connectivity index (χ4v) is 4.18. The van der Waals surface area contributed by atoms with Gasteiger partial charge in [0.05, 0.1) is 10.8 Å². The summed E-state index contributed by atoms with van der Waals surface area (Å²) in [7, 11) is -0.861. The largest absolute Gasteiger partial charge is 0.310 e. The molecule has 1 aliphatic rings. The molecule has 112 valence electrons. The van der Waals surface area contributed by atoms with Gasteiger partial charge in [0.25, 0.3) is 0 Å². The van der Waals surface area contributed by atoms with Gasteiger partial charge in [0.2, 0.25) is 0 Å². The van der Waals surface area contributed by atoms with Crippen LogP contribution in [-0.4, -0.2) is 16.0 Å². The maximum Gasteiger partial charge on any atom is 0.0562 e. The van der Waals surface area contributed by atoms with Gasteiger partial charge >= 0.3 is 0 Å². The van der Waals surface area contributed by atoms with Gasteiger partial charge in [-0.2, -0.15) is 0 Å². The van der Waals surface area contributed by atoms with E-state index in [1.165, 1.54) is 11.1 Å². The molecule has 2 nitrogen and oxygen atoms in total. The van der Waals surface area contributed by atoms with Crippen molar-refractivity contribution < 1.29 is 4.21 Å². The van der Waals surface area contributed by atoms with E-state index < -0.39 is 10.8 Å². The molecule has 3 heteroatoms. The van der Waals surface area contributed by atoms with Gasteiger partial charge in [-0.3, -0.25) is 4.21 Å². The van der Waals surface area contributed by atoms with Crippen molar-refractivity contribution in [3.05, 3.63) is 29.3 Å². The number of hydrogen-bond donors (Lipinski definition) is 1. The summed E-state index contributed by atoms with van der Waals surface area (Å²) >= 11 is 0. The first-order chi connectivity index (χ1) is 9.34. The van der Waals surface area contributed by atoms with Gasteiger partial charge in [-0.25, -0.2) is 0 Å². The summed E-state index contributed by atoms with van der Waals surface area (Å²) in [6, 6.07) is 6.85. The van der Waals surface area contributed by atoms with Crippen LogP contribution in [0.3, 0.4) is 0 Å². The monoisotopic (exact) mass is 293 g/mol. The summed E-state index contributed by atoms with van der Waals surface area (Å²) in [5, 5.41) is 3.86. The zero-order valence-corrected chi connectivity index (χ0v) is 14.1. The van der Waals surface area contributed by atoms with E-state index >= 15 is 0 Å². The third-order valence-corrected chi connectivity index (χ3v) is 5.77. The first kappa shape index (κ1) is 15.7. The van der Waals surface area contributed by atoms with Crippen LogP contribution < -0.4 is 5.32 Å². The van der Waals surface area contributed by atoms with Gasteiger partial charge in [-0.1, -0.05) is 46.8 Å². The molecule has 0 fully saturated rings. The van der Waals surface area contributed by atoms with Crippen LogP contribution in [0.1, 0.15) is 64.6 Å². The fourth-order valence-electron chi connectivity index (χ4n) is 2.75. The molecule has 1 aromatic rings. The molecule has 0 radical (unpaired) electrons. The second kappa shape index (κ2) is 5.98. The Morgan fingerprint density at radius 2 is 2.05 bits per heavy atom. The molecule has 3 atom stereocenters. The Labute approximate surface area is 125 Å². The van der Waals surface area contributed by atoms with Crippen LogP contribution in [0.2, 0.25) is 0 Å². The lowest BCUT2D eigenvalue weighted by molar-refractivity contribution is 0.475. The van der Waals surface area contributed by atoms with Crippen LogP contribution in [0.5, 0.6) is 0 Å². The highest BCUT2D eigenvalue weighted by molar-refractivity contribution is 7.85. The lowest BCUT2D eigenvalue weighted by atomic mass is 9.85. The predicted molar refractivity (Wildman–Crippen MR) is 86.7 cm³/mol. The highest BCUT2D eigenvalue weighted by Gasteiger charge is 2.30. The smallest absolute Gasteiger partial charge is 0.0562 e. The zero-order chi connectivity index (χ0) is 14.9. The van der Waals surface area contributed by atoms with Gasteiger partial charge in [0.1, 0.15) is 0 Å². The van der Waals surface area contributed by atoms with Gasteiger partial charge in [0, 0.05) is 16.2 Å². The van der Waals surface area contributed by atoms with Crippen molar-refractivity contribution in [1.29, 1.82) is 0 Å². The minimum atomic E-state index is -0.861. The van der Waals surface area contributed by atoms with Crippen LogP contribution in [0.15, 0.2) is 23.1 Å². The predicted octanol–water partition coefficient (Wildman–Crippen LogP) is 3.92. The molecule has 1 aliphatic heterocycles. The first-order valence-electron chi connectivity index (χ1n) is 7.63. The highest BCUT2D eigenvalue weighted by atomic mass is 32.2. The van der Waals surface area contributed by atoms with E-state index in [2.05, 4.69) is 58.1 Å². The van der Waals surface area contributed by atoms with E-state index in [0.717, 1.165) is 24.3 Å². The number of fused-ring (bicyclic) bond motifs is 1. The Hall–Kier alpha value is -0.670. The molecule has 0 saturated heterocycles. The van der Waals surface area contributed by atoms with E-state index in [1.807, 2.05) is 0 Å². The maximum absolute atomic E-state index is 12.5. The molecule has 3 unspecified atom stereocenters. The zero-order valence-electron chi connectivity index (χ0n) is 13.3. The van der Waals surface area contributed by atoms with E-state index in [0.29, 0.717) is 6.04 Å². The normalized spacial score (nSPS) is 26.4. The Bertz CT molecular complexity index is 504. The molecule has 0 amide bonds. The molecule has 0 spiro atoms. The van der Waals surface area contributed by atoms with Gasteiger partial charge in [0.15, 0.2) is 0 Å². The van der Waals surface area contributed by atoms with Crippen LogP contribution in [0.25, 0.3) is 0 Å². The third kappa shape index (κ3) is 3.15. The minimum Gasteiger partial charge on any atom is -0.310 e. The topological polar surface area (TPSA) is 29.1 Å². The first-order valence-corrected chi connectivity index (χ1v) is 8.84. The molecule has 0 aromatic heterocycles. The summed E-state index contributed by atoms with van der Waals surface area (Å²) in [5.41, 5.74) is 2.71. The lowest BCUT2D eigenvalue weighted by Crippen LogP contribution is -2.32. The van der Waals surface area contributed by atoms with Crippen LogP contribution in [0, 0.1) is 0 Å². The fraction of sp³-hybridized carbons (Fsp3) is 0.647. The molecular formula is C17H27NOS. The van der Waals surface area contributed by atoms with Crippen molar-refractivity contribution in [2.75, 3.05) is 6.54 Å². The average Bonchev–Trinajstić information content (AvgIpc) is 2.39. The van der Waals surface area contributed by atoms with Crippen molar-refractivity contribution in [3.8, 4) is 0 Å². The van der Waals surface area contributed by atoms with Gasteiger partial charge < -0.3 is 5.32 Å². The summed E-state index contributed by atoms with van der Waals surface area (Å²) in [6.45, 7) is 12.0. The molecule has 1 N–H and O–H groups in total. The second-order valence-electron chi connectivity index (χ2n) is 6.85. The molecule has 0 saturated carbocycles. The van der Waals surface area contributed by atoms with Crippen molar-refractivity contribution in [2.45, 2.75) is 69.1 Å². The van der Waals surface area contributed by atoms with Crippen molar-refractivity contribution >= 4 is 10.8 Å². The summed E-state index contributed by atoms with van der Waals surface area (Å²) in [6.07, 6.45) is 2.09. The van der Waals surface area contributed by atoms with Gasteiger partial charge in [-0.15, -0.1) is 0 Å². The number of hydrogen-bond acceptors (Lipinski definition) is 2. The summed E-state index contributed by atoms with van der Waals surface area (Å²) in [5.74, 6) is 0. The van der Waals surface area contributed by atoms with Crippen molar-refractivity contribution in [3.63, 3.8) is 0 Å². The van der Waals surface area contributed by atoms with E-state index in [4.69, 9.17) is 0 Å². The SMILES string of the molecule is CCCNC1CC(C)S(=O)c2ccc(C(C)(C)C)cc21. The Morgan fingerprint density at radius 1 is 1.35 bits per heavy atom. The summed E-state index contributed by atoms with van der Waals surface area (Å²) in [4.78, 5) is 1.03. The van der Waals surface area contributed by atoms with Crippen molar-refractivity contribution in [1.82, 2.24) is 5.32 Å². The Morgan fingerprint density at radius 3 is 2.65 bits per heavy atom. The molecule has 20 heavy (non-hydrogen) atoms. The Balaban J connectivity index is 2.43. The molecule has 2 rings (SSSR count). The van der Waals surface area contributed by atoms with Crippen molar-refractivity contribution in [2.24, 2.45) is 0 Å². The lowest BCUT2D eigenvalue weighted by Gasteiger charge is -2.32. The summed E-state index contributed by atoms with van der Waals surface area (Å²) < 4.78 is 12.5. The number of rotatable bonds is 3. The molecule has 0 bridgehead atoms. The third-order valence-electron chi connectivity index (χ3n) is 4.04. The van der Waals surface area contributed by atoms with Crippen LogP contribution in [0.4, 0.5) is 0 Å². The number of nitrogens with one attached hydrogen (secondary N) is 1. The minimum absolute atomic E-state index is 0.134. The molecule has 1 heterocycles. The average molecular weight is 293 g/mol.